The highest BCUT2D eigenvalue weighted by molar-refractivity contribution is 5.96. The average Bonchev–Trinajstić information content (AvgIpc) is 2.55. The number of rotatable bonds is 5. The SMILES string of the molecule is NC(=O)c1cc([N+](=O)[O-])ccc1O[C@@H]1OC(CO)[C@@H](O)[C@H](O)C1O. The number of nitro groups is 1. The lowest BCUT2D eigenvalue weighted by molar-refractivity contribution is -0.384. The highest BCUT2D eigenvalue weighted by atomic mass is 16.7. The molecule has 132 valence electrons. The quantitative estimate of drug-likeness (QED) is 0.294. The number of nitro benzene ring substituents is 1. The molecule has 1 amide bonds. The van der Waals surface area contributed by atoms with Gasteiger partial charge >= 0.3 is 0 Å². The minimum Gasteiger partial charge on any atom is -0.461 e. The summed E-state index contributed by atoms with van der Waals surface area (Å²) in [6, 6.07) is 3.02. The molecule has 0 radical (unpaired) electrons. The lowest BCUT2D eigenvalue weighted by Gasteiger charge is -2.39. The molecule has 6 N–H and O–H groups in total. The average molecular weight is 344 g/mol. The van der Waals surface area contributed by atoms with E-state index in [2.05, 4.69) is 0 Å². The summed E-state index contributed by atoms with van der Waals surface area (Å²) in [5, 5.41) is 49.1. The number of aliphatic hydroxyl groups is 4. The van der Waals surface area contributed by atoms with Crippen LogP contribution in [0.4, 0.5) is 5.69 Å². The Hall–Kier alpha value is -2.31. The monoisotopic (exact) mass is 344 g/mol. The third-order valence-corrected chi connectivity index (χ3v) is 3.53. The van der Waals surface area contributed by atoms with Crippen molar-refractivity contribution in [2.45, 2.75) is 30.7 Å². The summed E-state index contributed by atoms with van der Waals surface area (Å²) in [6.07, 6.45) is -7.68. The number of carbonyl (C=O) groups is 1. The number of amides is 1. The van der Waals surface area contributed by atoms with Gasteiger partial charge in [0.25, 0.3) is 11.6 Å². The van der Waals surface area contributed by atoms with Gasteiger partial charge in [-0.1, -0.05) is 0 Å². The molecular weight excluding hydrogens is 328 g/mol. The zero-order valence-electron chi connectivity index (χ0n) is 12.2. The van der Waals surface area contributed by atoms with Crippen LogP contribution in [0.2, 0.25) is 0 Å². The van der Waals surface area contributed by atoms with Crippen LogP contribution in [0, 0.1) is 10.1 Å². The molecule has 1 aliphatic heterocycles. The summed E-state index contributed by atoms with van der Waals surface area (Å²) >= 11 is 0. The van der Waals surface area contributed by atoms with Crippen LogP contribution < -0.4 is 10.5 Å². The number of hydrogen-bond acceptors (Lipinski definition) is 9. The first kappa shape index (κ1) is 18.0. The van der Waals surface area contributed by atoms with E-state index >= 15 is 0 Å². The minimum atomic E-state index is -1.70. The Balaban J connectivity index is 2.29. The Kier molecular flexibility index (Phi) is 5.31. The second-order valence-corrected chi connectivity index (χ2v) is 5.12. The van der Waals surface area contributed by atoms with Gasteiger partial charge in [-0.05, 0) is 6.07 Å². The highest BCUT2D eigenvalue weighted by Crippen LogP contribution is 2.28. The second kappa shape index (κ2) is 7.07. The molecular formula is C13H16N2O9. The van der Waals surface area contributed by atoms with Crippen LogP contribution in [0.5, 0.6) is 5.75 Å². The maximum atomic E-state index is 11.4. The van der Waals surface area contributed by atoms with Crippen LogP contribution in [0.1, 0.15) is 10.4 Å². The van der Waals surface area contributed by atoms with Crippen molar-refractivity contribution in [2.75, 3.05) is 6.61 Å². The fourth-order valence-corrected chi connectivity index (χ4v) is 2.22. The zero-order valence-corrected chi connectivity index (χ0v) is 12.2. The van der Waals surface area contributed by atoms with Crippen LogP contribution in [0.25, 0.3) is 0 Å². The molecule has 2 rings (SSSR count). The van der Waals surface area contributed by atoms with Gasteiger partial charge in [-0.15, -0.1) is 0 Å². The maximum Gasteiger partial charge on any atom is 0.270 e. The Morgan fingerprint density at radius 1 is 1.29 bits per heavy atom. The van der Waals surface area contributed by atoms with E-state index in [0.29, 0.717) is 0 Å². The van der Waals surface area contributed by atoms with Gasteiger partial charge in [-0.2, -0.15) is 0 Å². The predicted molar refractivity (Wildman–Crippen MR) is 76.0 cm³/mol. The molecule has 11 nitrogen and oxygen atoms in total. The summed E-state index contributed by atoms with van der Waals surface area (Å²) < 4.78 is 10.4. The summed E-state index contributed by atoms with van der Waals surface area (Å²) in [4.78, 5) is 21.5. The smallest absolute Gasteiger partial charge is 0.270 e. The van der Waals surface area contributed by atoms with Gasteiger partial charge in [0.1, 0.15) is 30.2 Å². The number of benzene rings is 1. The van der Waals surface area contributed by atoms with Crippen molar-refractivity contribution in [1.82, 2.24) is 0 Å². The Labute approximate surface area is 135 Å². The van der Waals surface area contributed by atoms with Crippen molar-refractivity contribution < 1.29 is 39.6 Å². The van der Waals surface area contributed by atoms with Crippen LogP contribution in [-0.2, 0) is 4.74 Å². The van der Waals surface area contributed by atoms with Crippen LogP contribution in [-0.4, -0.2) is 68.6 Å². The summed E-state index contributed by atoms with van der Waals surface area (Å²) in [5.74, 6) is -1.24. The second-order valence-electron chi connectivity index (χ2n) is 5.12. The number of non-ortho nitro benzene ring substituents is 1. The summed E-state index contributed by atoms with van der Waals surface area (Å²) in [7, 11) is 0. The first-order chi connectivity index (χ1) is 11.3. The van der Waals surface area contributed by atoms with Gasteiger partial charge in [-0.3, -0.25) is 14.9 Å². The standard InChI is InChI=1S/C13H16N2O9/c14-12(20)6-3-5(15(21)22)1-2-7(6)23-13-11(19)10(18)9(17)8(4-16)24-13/h1-3,8-11,13,16-19H,4H2,(H2,14,20)/t8?,9-,10+,11?,13-/m1/s1. The zero-order chi connectivity index (χ0) is 18.0. The largest absolute Gasteiger partial charge is 0.461 e. The number of hydrogen-bond donors (Lipinski definition) is 5. The number of primary amides is 1. The number of ether oxygens (including phenoxy) is 2. The molecule has 24 heavy (non-hydrogen) atoms. The number of nitrogens with zero attached hydrogens (tertiary/aromatic N) is 1. The van der Waals surface area contributed by atoms with E-state index in [0.717, 1.165) is 18.2 Å². The van der Waals surface area contributed by atoms with Gasteiger partial charge in [0.2, 0.25) is 6.29 Å². The van der Waals surface area contributed by atoms with E-state index in [1.165, 1.54) is 0 Å². The molecule has 1 aromatic rings. The number of aliphatic hydroxyl groups excluding tert-OH is 4. The molecule has 1 aliphatic rings. The van der Waals surface area contributed by atoms with Gasteiger partial charge < -0.3 is 35.6 Å². The Morgan fingerprint density at radius 2 is 1.96 bits per heavy atom. The summed E-state index contributed by atoms with van der Waals surface area (Å²) in [5.41, 5.74) is 4.42. The van der Waals surface area contributed by atoms with Gasteiger partial charge in [0.05, 0.1) is 17.1 Å². The van der Waals surface area contributed by atoms with Gasteiger partial charge in [0.15, 0.2) is 0 Å². The van der Waals surface area contributed by atoms with Crippen molar-refractivity contribution in [3.8, 4) is 5.75 Å². The molecule has 2 unspecified atom stereocenters. The molecule has 11 heteroatoms. The molecule has 0 saturated carbocycles. The molecule has 1 aromatic carbocycles. The van der Waals surface area contributed by atoms with E-state index in [4.69, 9.17) is 20.3 Å². The van der Waals surface area contributed by atoms with Crippen LogP contribution in [0.15, 0.2) is 18.2 Å². The first-order valence-electron chi connectivity index (χ1n) is 6.81. The molecule has 0 spiro atoms. The lowest BCUT2D eigenvalue weighted by Crippen LogP contribution is -2.60. The third-order valence-electron chi connectivity index (χ3n) is 3.53. The van der Waals surface area contributed by atoms with E-state index in [9.17, 15) is 30.2 Å². The van der Waals surface area contributed by atoms with Crippen molar-refractivity contribution in [3.05, 3.63) is 33.9 Å². The summed E-state index contributed by atoms with van der Waals surface area (Å²) in [6.45, 7) is -0.659. The number of carbonyl (C=O) groups excluding carboxylic acids is 1. The van der Waals surface area contributed by atoms with E-state index in [-0.39, 0.29) is 11.3 Å². The minimum absolute atomic E-state index is 0.225. The topological polar surface area (TPSA) is 186 Å². The molecule has 0 aromatic heterocycles. The molecule has 0 aliphatic carbocycles. The van der Waals surface area contributed by atoms with E-state index in [1.807, 2.05) is 0 Å². The van der Waals surface area contributed by atoms with Gasteiger partial charge in [-0.25, -0.2) is 0 Å². The molecule has 1 fully saturated rings. The van der Waals surface area contributed by atoms with Crippen molar-refractivity contribution in [2.24, 2.45) is 5.73 Å². The number of nitrogens with two attached hydrogens (primary N) is 1. The highest BCUT2D eigenvalue weighted by Gasteiger charge is 2.45. The van der Waals surface area contributed by atoms with Crippen molar-refractivity contribution in [1.29, 1.82) is 0 Å². The Morgan fingerprint density at radius 3 is 2.50 bits per heavy atom. The lowest BCUT2D eigenvalue weighted by atomic mass is 9.99. The molecule has 5 atom stereocenters. The van der Waals surface area contributed by atoms with Crippen molar-refractivity contribution >= 4 is 11.6 Å². The van der Waals surface area contributed by atoms with E-state index in [1.54, 1.807) is 0 Å². The van der Waals surface area contributed by atoms with Crippen molar-refractivity contribution in [3.63, 3.8) is 0 Å². The molecule has 1 saturated heterocycles. The fourth-order valence-electron chi connectivity index (χ4n) is 2.22. The first-order valence-corrected chi connectivity index (χ1v) is 6.81. The molecule has 1 heterocycles. The normalized spacial score (nSPS) is 29.9. The predicted octanol–water partition coefficient (Wildman–Crippen LogP) is -2.13. The van der Waals surface area contributed by atoms with E-state index < -0.39 is 53.8 Å². The Bertz CT molecular complexity index is 636. The molecule has 0 bridgehead atoms. The van der Waals surface area contributed by atoms with Crippen LogP contribution in [0.3, 0.4) is 0 Å². The maximum absolute atomic E-state index is 11.4. The van der Waals surface area contributed by atoms with Crippen LogP contribution >= 0.6 is 0 Å². The fraction of sp³-hybridized carbons (Fsp3) is 0.462. The third kappa shape index (κ3) is 3.44. The van der Waals surface area contributed by atoms with Gasteiger partial charge in [0, 0.05) is 12.1 Å².